The number of rotatable bonds is 6. The second kappa shape index (κ2) is 8.09. The van der Waals surface area contributed by atoms with Gasteiger partial charge >= 0.3 is 5.97 Å². The molecule has 0 radical (unpaired) electrons. The number of ether oxygens (including phenoxy) is 2. The highest BCUT2D eigenvalue weighted by Crippen LogP contribution is 2.30. The quantitative estimate of drug-likeness (QED) is 0.476. The van der Waals surface area contributed by atoms with Crippen LogP contribution in [0.2, 0.25) is 0 Å². The number of thiazole rings is 1. The molecule has 3 rings (SSSR count). The van der Waals surface area contributed by atoms with Crippen molar-refractivity contribution in [2.75, 3.05) is 6.61 Å². The third-order valence-electron chi connectivity index (χ3n) is 3.49. The van der Waals surface area contributed by atoms with Gasteiger partial charge in [-0.3, -0.25) is 0 Å². The average Bonchev–Trinajstić information content (AvgIpc) is 3.03. The number of carbonyl (C=O) groups is 1. The zero-order valence-electron chi connectivity index (χ0n) is 13.7. The van der Waals surface area contributed by atoms with Gasteiger partial charge in [-0.05, 0) is 54.5 Å². The van der Waals surface area contributed by atoms with E-state index >= 15 is 0 Å². The first-order chi connectivity index (χ1) is 12.2. The summed E-state index contributed by atoms with van der Waals surface area (Å²) >= 11 is 6.53. The number of benzene rings is 2. The molecule has 0 spiro atoms. The minimum atomic E-state index is -0.394. The number of H-pyrrole nitrogens is 1. The maximum atomic E-state index is 12.1. The van der Waals surface area contributed by atoms with Crippen molar-refractivity contribution in [2.45, 2.75) is 13.5 Å². The Bertz CT molecular complexity index is 898. The Kier molecular flexibility index (Phi) is 5.63. The Morgan fingerprint density at radius 3 is 2.52 bits per heavy atom. The van der Waals surface area contributed by atoms with Crippen LogP contribution in [0.4, 0.5) is 0 Å². The van der Waals surface area contributed by atoms with E-state index in [4.69, 9.17) is 21.7 Å². The van der Waals surface area contributed by atoms with E-state index in [0.29, 0.717) is 22.9 Å². The smallest absolute Gasteiger partial charge is 0.356 e. The SMILES string of the molecule is CCOC(=O)c1[nH]c(=S)sc1-c1ccc(OCc2ccccc2)cc1. The Hall–Kier alpha value is -2.44. The second-order valence-corrected chi connectivity index (χ2v) is 6.93. The van der Waals surface area contributed by atoms with Gasteiger partial charge in [-0.25, -0.2) is 4.79 Å². The first-order valence-electron chi connectivity index (χ1n) is 7.84. The Morgan fingerprint density at radius 1 is 1.12 bits per heavy atom. The topological polar surface area (TPSA) is 51.3 Å². The minimum absolute atomic E-state index is 0.320. The van der Waals surface area contributed by atoms with Crippen LogP contribution >= 0.6 is 23.6 Å². The summed E-state index contributed by atoms with van der Waals surface area (Å²) in [5.41, 5.74) is 2.40. The predicted octanol–water partition coefficient (Wildman–Crippen LogP) is 5.23. The minimum Gasteiger partial charge on any atom is -0.489 e. The third-order valence-corrected chi connectivity index (χ3v) is 4.78. The number of esters is 1. The maximum Gasteiger partial charge on any atom is 0.356 e. The molecule has 0 aliphatic rings. The second-order valence-electron chi connectivity index (χ2n) is 5.24. The van der Waals surface area contributed by atoms with Gasteiger partial charge in [0.2, 0.25) is 0 Å². The van der Waals surface area contributed by atoms with Crippen molar-refractivity contribution in [3.63, 3.8) is 0 Å². The van der Waals surface area contributed by atoms with E-state index in [9.17, 15) is 4.79 Å². The Balaban J connectivity index is 1.76. The lowest BCUT2D eigenvalue weighted by atomic mass is 10.1. The fourth-order valence-corrected chi connectivity index (χ4v) is 3.50. The van der Waals surface area contributed by atoms with E-state index in [0.717, 1.165) is 21.8 Å². The number of hydrogen-bond donors (Lipinski definition) is 1. The van der Waals surface area contributed by atoms with Gasteiger partial charge in [-0.2, -0.15) is 0 Å². The number of aromatic nitrogens is 1. The van der Waals surface area contributed by atoms with Crippen LogP contribution in [0.25, 0.3) is 10.4 Å². The maximum absolute atomic E-state index is 12.1. The number of nitrogens with one attached hydrogen (secondary N) is 1. The van der Waals surface area contributed by atoms with Gasteiger partial charge in [0, 0.05) is 0 Å². The molecule has 4 nitrogen and oxygen atoms in total. The molecule has 0 fully saturated rings. The fraction of sp³-hybridized carbons (Fsp3) is 0.158. The molecule has 2 aromatic carbocycles. The van der Waals surface area contributed by atoms with Gasteiger partial charge in [0.15, 0.2) is 3.95 Å². The van der Waals surface area contributed by atoms with Gasteiger partial charge in [0.1, 0.15) is 18.1 Å². The molecule has 25 heavy (non-hydrogen) atoms. The number of aromatic amines is 1. The van der Waals surface area contributed by atoms with Crippen LogP contribution in [0.5, 0.6) is 5.75 Å². The van der Waals surface area contributed by atoms with Crippen molar-refractivity contribution in [1.82, 2.24) is 4.98 Å². The third kappa shape index (κ3) is 4.35. The molecule has 0 aliphatic carbocycles. The zero-order valence-corrected chi connectivity index (χ0v) is 15.3. The molecule has 0 aliphatic heterocycles. The molecule has 1 N–H and O–H groups in total. The van der Waals surface area contributed by atoms with Gasteiger partial charge in [0.05, 0.1) is 11.5 Å². The first-order valence-corrected chi connectivity index (χ1v) is 9.07. The highest BCUT2D eigenvalue weighted by atomic mass is 32.1. The van der Waals surface area contributed by atoms with Crippen molar-refractivity contribution < 1.29 is 14.3 Å². The van der Waals surface area contributed by atoms with Gasteiger partial charge in [0.25, 0.3) is 0 Å². The molecular formula is C19H17NO3S2. The van der Waals surface area contributed by atoms with Crippen LogP contribution in [0.15, 0.2) is 54.6 Å². The summed E-state index contributed by atoms with van der Waals surface area (Å²) in [5, 5.41) is 0. The summed E-state index contributed by atoms with van der Waals surface area (Å²) in [7, 11) is 0. The van der Waals surface area contributed by atoms with E-state index in [-0.39, 0.29) is 0 Å². The van der Waals surface area contributed by atoms with Crippen molar-refractivity contribution in [3.8, 4) is 16.2 Å². The van der Waals surface area contributed by atoms with Crippen LogP contribution in [0.1, 0.15) is 23.0 Å². The van der Waals surface area contributed by atoms with Crippen LogP contribution < -0.4 is 4.74 Å². The molecular weight excluding hydrogens is 354 g/mol. The first kappa shape index (κ1) is 17.4. The van der Waals surface area contributed by atoms with Crippen molar-refractivity contribution in [3.05, 3.63) is 69.8 Å². The van der Waals surface area contributed by atoms with Crippen LogP contribution in [-0.4, -0.2) is 17.6 Å². The van der Waals surface area contributed by atoms with Crippen molar-refractivity contribution >= 4 is 29.5 Å². The average molecular weight is 371 g/mol. The molecule has 0 atom stereocenters. The molecule has 3 aromatic rings. The summed E-state index contributed by atoms with van der Waals surface area (Å²) in [6, 6.07) is 17.6. The van der Waals surface area contributed by atoms with Gasteiger partial charge in [-0.1, -0.05) is 30.3 Å². The molecule has 1 heterocycles. The molecule has 0 saturated carbocycles. The van der Waals surface area contributed by atoms with E-state index < -0.39 is 5.97 Å². The summed E-state index contributed by atoms with van der Waals surface area (Å²) in [6.45, 7) is 2.61. The molecule has 128 valence electrons. The normalized spacial score (nSPS) is 10.4. The highest BCUT2D eigenvalue weighted by Gasteiger charge is 2.17. The molecule has 0 amide bonds. The van der Waals surface area contributed by atoms with E-state index in [2.05, 4.69) is 4.98 Å². The molecule has 0 saturated heterocycles. The van der Waals surface area contributed by atoms with Crippen molar-refractivity contribution in [1.29, 1.82) is 0 Å². The number of carbonyl (C=O) groups excluding carboxylic acids is 1. The molecule has 0 unspecified atom stereocenters. The van der Waals surface area contributed by atoms with E-state index in [1.165, 1.54) is 11.3 Å². The largest absolute Gasteiger partial charge is 0.489 e. The molecule has 0 bridgehead atoms. The summed E-state index contributed by atoms with van der Waals surface area (Å²) in [6.07, 6.45) is 0. The van der Waals surface area contributed by atoms with Crippen LogP contribution in [0.3, 0.4) is 0 Å². The molecule has 1 aromatic heterocycles. The predicted molar refractivity (Wildman–Crippen MR) is 102 cm³/mol. The van der Waals surface area contributed by atoms with E-state index in [1.807, 2.05) is 54.6 Å². The monoisotopic (exact) mass is 371 g/mol. The van der Waals surface area contributed by atoms with Crippen LogP contribution in [0, 0.1) is 3.95 Å². The summed E-state index contributed by atoms with van der Waals surface area (Å²) < 4.78 is 11.4. The van der Waals surface area contributed by atoms with Gasteiger partial charge < -0.3 is 14.5 Å². The lowest BCUT2D eigenvalue weighted by Crippen LogP contribution is -2.06. The highest BCUT2D eigenvalue weighted by molar-refractivity contribution is 7.73. The number of hydrogen-bond acceptors (Lipinski definition) is 5. The zero-order chi connectivity index (χ0) is 17.6. The fourth-order valence-electron chi connectivity index (χ4n) is 2.32. The van der Waals surface area contributed by atoms with Crippen LogP contribution in [-0.2, 0) is 11.3 Å². The lowest BCUT2D eigenvalue weighted by molar-refractivity contribution is 0.0521. The molecule has 6 heteroatoms. The summed E-state index contributed by atoms with van der Waals surface area (Å²) in [5.74, 6) is 0.374. The Labute approximate surface area is 155 Å². The van der Waals surface area contributed by atoms with Gasteiger partial charge in [-0.15, -0.1) is 11.3 Å². The lowest BCUT2D eigenvalue weighted by Gasteiger charge is -2.07. The summed E-state index contributed by atoms with van der Waals surface area (Å²) in [4.78, 5) is 15.8. The van der Waals surface area contributed by atoms with Crippen molar-refractivity contribution in [2.24, 2.45) is 0 Å². The van der Waals surface area contributed by atoms with E-state index in [1.54, 1.807) is 6.92 Å². The standard InChI is InChI=1S/C19H17NO3S2/c1-2-22-18(21)16-17(25-19(24)20-16)14-8-10-15(11-9-14)23-12-13-6-4-3-5-7-13/h3-11H,2,12H2,1H3,(H,20,24). The Morgan fingerprint density at radius 2 is 1.84 bits per heavy atom.